The fourth-order valence-electron chi connectivity index (χ4n) is 2.35. The Labute approximate surface area is 148 Å². The van der Waals surface area contributed by atoms with Gasteiger partial charge in [0.15, 0.2) is 0 Å². The van der Waals surface area contributed by atoms with Crippen LogP contribution in [0.4, 0.5) is 0 Å². The number of halogens is 1. The van der Waals surface area contributed by atoms with Crippen LogP contribution in [0.1, 0.15) is 43.9 Å². The fourth-order valence-corrected chi connectivity index (χ4v) is 3.36. The quantitative estimate of drug-likeness (QED) is 0.371. The number of aryl methyl sites for hydroxylation is 2. The second-order valence-corrected chi connectivity index (χ2v) is 6.73. The number of nitriles is 1. The van der Waals surface area contributed by atoms with Crippen LogP contribution in [0.2, 0.25) is 4.34 Å². The number of thiophene rings is 1. The van der Waals surface area contributed by atoms with Gasteiger partial charge in [0, 0.05) is 16.3 Å². The smallest absolute Gasteiger partial charge is 0.340 e. The Morgan fingerprint density at radius 2 is 2.00 bits per heavy atom. The summed E-state index contributed by atoms with van der Waals surface area (Å²) in [6.45, 7) is 5.25. The van der Waals surface area contributed by atoms with Crippen LogP contribution in [-0.4, -0.2) is 23.3 Å². The molecule has 0 amide bonds. The van der Waals surface area contributed by atoms with E-state index in [-0.39, 0.29) is 23.3 Å². The first-order valence-electron chi connectivity index (χ1n) is 7.17. The van der Waals surface area contributed by atoms with Crippen LogP contribution in [0.3, 0.4) is 0 Å². The van der Waals surface area contributed by atoms with E-state index in [1.165, 1.54) is 17.4 Å². The third-order valence-corrected chi connectivity index (χ3v) is 4.51. The lowest BCUT2D eigenvalue weighted by molar-refractivity contribution is 0.0523. The number of rotatable bonds is 5. The minimum atomic E-state index is -0.584. The second kappa shape index (κ2) is 7.47. The normalized spacial score (nSPS) is 11.2. The molecule has 0 atom stereocenters. The van der Waals surface area contributed by atoms with Gasteiger partial charge in [0.25, 0.3) is 0 Å². The number of hydrogen-bond acceptors (Lipinski definition) is 5. The van der Waals surface area contributed by atoms with Gasteiger partial charge in [-0.15, -0.1) is 11.3 Å². The molecule has 0 radical (unpaired) electrons. The standard InChI is InChI=1S/C17H15ClN2O3S/c1-4-23-17(22)15-10(3)20-9(2)14(15)16(21)11(8-19)7-12-5-6-13(18)24-12/h5-7,20H,4H2,1-3H3/b11-7+. The van der Waals surface area contributed by atoms with Crippen LogP contribution < -0.4 is 0 Å². The molecule has 0 saturated carbocycles. The second-order valence-electron chi connectivity index (χ2n) is 4.99. The Morgan fingerprint density at radius 1 is 1.33 bits per heavy atom. The number of allylic oxidation sites excluding steroid dienone is 1. The maximum Gasteiger partial charge on any atom is 0.340 e. The van der Waals surface area contributed by atoms with Crippen LogP contribution in [0.15, 0.2) is 17.7 Å². The summed E-state index contributed by atoms with van der Waals surface area (Å²) in [6.07, 6.45) is 1.47. The molecular weight excluding hydrogens is 348 g/mol. The van der Waals surface area contributed by atoms with Gasteiger partial charge in [-0.2, -0.15) is 5.26 Å². The maximum absolute atomic E-state index is 12.8. The number of carbonyl (C=O) groups excluding carboxylic acids is 2. The van der Waals surface area contributed by atoms with Gasteiger partial charge in [-0.05, 0) is 39.0 Å². The van der Waals surface area contributed by atoms with E-state index in [0.29, 0.717) is 20.6 Å². The molecule has 5 nitrogen and oxygen atoms in total. The van der Waals surface area contributed by atoms with Gasteiger partial charge in [-0.3, -0.25) is 4.79 Å². The summed E-state index contributed by atoms with van der Waals surface area (Å²) in [5.74, 6) is -1.11. The summed E-state index contributed by atoms with van der Waals surface area (Å²) in [6, 6.07) is 5.31. The highest BCUT2D eigenvalue weighted by molar-refractivity contribution is 7.17. The molecule has 2 aromatic rings. The lowest BCUT2D eigenvalue weighted by Gasteiger charge is -2.05. The zero-order valence-electron chi connectivity index (χ0n) is 13.4. The van der Waals surface area contributed by atoms with Crippen molar-refractivity contribution in [3.8, 4) is 6.07 Å². The third kappa shape index (κ3) is 3.58. The lowest BCUT2D eigenvalue weighted by Crippen LogP contribution is -2.13. The zero-order valence-corrected chi connectivity index (χ0v) is 15.0. The summed E-state index contributed by atoms with van der Waals surface area (Å²) in [5.41, 5.74) is 1.32. The Hall–Kier alpha value is -2.36. The van der Waals surface area contributed by atoms with Crippen molar-refractivity contribution in [1.29, 1.82) is 5.26 Å². The first-order valence-corrected chi connectivity index (χ1v) is 8.36. The minimum absolute atomic E-state index is 0.0684. The summed E-state index contributed by atoms with van der Waals surface area (Å²) in [4.78, 5) is 28.6. The summed E-state index contributed by atoms with van der Waals surface area (Å²) >= 11 is 7.13. The van der Waals surface area contributed by atoms with E-state index in [2.05, 4.69) is 4.98 Å². The monoisotopic (exact) mass is 362 g/mol. The SMILES string of the molecule is CCOC(=O)c1c(C)[nH]c(C)c1C(=O)/C(C#N)=C/c1ccc(Cl)s1. The fraction of sp³-hybridized carbons (Fsp3) is 0.235. The molecule has 124 valence electrons. The largest absolute Gasteiger partial charge is 0.462 e. The van der Waals surface area contributed by atoms with E-state index < -0.39 is 11.8 Å². The highest BCUT2D eigenvalue weighted by Crippen LogP contribution is 2.26. The minimum Gasteiger partial charge on any atom is -0.462 e. The number of hydrogen-bond donors (Lipinski definition) is 1. The number of aromatic amines is 1. The van der Waals surface area contributed by atoms with Crippen molar-refractivity contribution in [1.82, 2.24) is 4.98 Å². The molecule has 2 heterocycles. The van der Waals surface area contributed by atoms with Gasteiger partial charge < -0.3 is 9.72 Å². The number of nitrogens with one attached hydrogen (secondary N) is 1. The number of Topliss-reactive ketones (excluding diaryl/α,β-unsaturated/α-hetero) is 1. The number of ketones is 1. The molecular formula is C17H15ClN2O3S. The van der Waals surface area contributed by atoms with Crippen LogP contribution in [0.25, 0.3) is 6.08 Å². The van der Waals surface area contributed by atoms with E-state index in [0.717, 1.165) is 0 Å². The molecule has 2 aromatic heterocycles. The topological polar surface area (TPSA) is 83.0 Å². The Morgan fingerprint density at radius 3 is 2.54 bits per heavy atom. The molecule has 1 N–H and O–H groups in total. The number of esters is 1. The van der Waals surface area contributed by atoms with Gasteiger partial charge in [-0.1, -0.05) is 11.6 Å². The molecule has 7 heteroatoms. The Balaban J connectivity index is 2.50. The third-order valence-electron chi connectivity index (χ3n) is 3.33. The highest BCUT2D eigenvalue weighted by Gasteiger charge is 2.27. The number of nitrogens with zero attached hydrogens (tertiary/aromatic N) is 1. The van der Waals surface area contributed by atoms with E-state index in [1.807, 2.05) is 6.07 Å². The van der Waals surface area contributed by atoms with Crippen molar-refractivity contribution in [2.24, 2.45) is 0 Å². The number of H-pyrrole nitrogens is 1. The van der Waals surface area contributed by atoms with Crippen molar-refractivity contribution in [2.75, 3.05) is 6.61 Å². The van der Waals surface area contributed by atoms with Gasteiger partial charge in [-0.25, -0.2) is 4.79 Å². The highest BCUT2D eigenvalue weighted by atomic mass is 35.5. The van der Waals surface area contributed by atoms with Crippen LogP contribution >= 0.6 is 22.9 Å². The molecule has 0 fully saturated rings. The first-order chi connectivity index (χ1) is 11.4. The molecule has 0 aliphatic carbocycles. The summed E-state index contributed by atoms with van der Waals surface area (Å²) in [5, 5.41) is 9.36. The zero-order chi connectivity index (χ0) is 17.9. The van der Waals surface area contributed by atoms with Gasteiger partial charge >= 0.3 is 5.97 Å². The molecule has 2 rings (SSSR count). The van der Waals surface area contributed by atoms with E-state index in [4.69, 9.17) is 16.3 Å². The first kappa shape index (κ1) is 18.0. The Kier molecular flexibility index (Phi) is 5.60. The van der Waals surface area contributed by atoms with Crippen molar-refractivity contribution in [3.05, 3.63) is 49.4 Å². The van der Waals surface area contributed by atoms with Gasteiger partial charge in [0.05, 0.1) is 22.1 Å². The lowest BCUT2D eigenvalue weighted by atomic mass is 9.99. The van der Waals surface area contributed by atoms with Crippen LogP contribution in [0, 0.1) is 25.2 Å². The molecule has 0 bridgehead atoms. The van der Waals surface area contributed by atoms with Crippen LogP contribution in [0.5, 0.6) is 0 Å². The number of aromatic nitrogens is 1. The summed E-state index contributed by atoms with van der Waals surface area (Å²) < 4.78 is 5.58. The van der Waals surface area contributed by atoms with Gasteiger partial charge in [0.2, 0.25) is 5.78 Å². The van der Waals surface area contributed by atoms with Gasteiger partial charge in [0.1, 0.15) is 11.6 Å². The van der Waals surface area contributed by atoms with E-state index in [9.17, 15) is 14.9 Å². The average Bonchev–Trinajstić information content (AvgIpc) is 3.06. The van der Waals surface area contributed by atoms with Crippen LogP contribution in [-0.2, 0) is 4.74 Å². The average molecular weight is 363 g/mol. The molecule has 0 saturated heterocycles. The van der Waals surface area contributed by atoms with Crippen molar-refractivity contribution in [3.63, 3.8) is 0 Å². The summed E-state index contributed by atoms with van der Waals surface area (Å²) in [7, 11) is 0. The molecule has 0 aliphatic rings. The molecule has 24 heavy (non-hydrogen) atoms. The molecule has 0 aromatic carbocycles. The molecule has 0 spiro atoms. The van der Waals surface area contributed by atoms with Crippen molar-refractivity contribution >= 4 is 40.8 Å². The van der Waals surface area contributed by atoms with E-state index >= 15 is 0 Å². The Bertz CT molecular complexity index is 871. The van der Waals surface area contributed by atoms with Crippen molar-refractivity contribution in [2.45, 2.75) is 20.8 Å². The maximum atomic E-state index is 12.8. The van der Waals surface area contributed by atoms with Crippen molar-refractivity contribution < 1.29 is 14.3 Å². The van der Waals surface area contributed by atoms with E-state index in [1.54, 1.807) is 32.9 Å². The molecule has 0 unspecified atom stereocenters. The predicted octanol–water partition coefficient (Wildman–Crippen LogP) is 4.31. The number of carbonyl (C=O) groups is 2. The number of ether oxygens (including phenoxy) is 1. The molecule has 0 aliphatic heterocycles. The predicted molar refractivity (Wildman–Crippen MR) is 93.5 cm³/mol.